The standard InChI is InChI=1S/C32H34N4O4/c1-39-29-14-21(18-34-36-31(38)25-3-2-10-33-19-25)4-9-28(29)40-20-30(37)35-27-7-5-26(6-8-27)32-15-22-11-23(16-32)13-24(12-22)17-32/h2-10,14,18-19,22-24H,11-13,15-17,20H2,1H3,(H,35,37)(H,36,38)/b34-18+. The molecule has 4 saturated carbocycles. The van der Waals surface area contributed by atoms with Crippen molar-refractivity contribution < 1.29 is 19.1 Å². The molecule has 0 unspecified atom stereocenters. The van der Waals surface area contributed by atoms with Crippen molar-refractivity contribution in [3.8, 4) is 11.5 Å². The van der Waals surface area contributed by atoms with E-state index in [0.717, 1.165) is 23.4 Å². The number of carbonyl (C=O) groups excluding carboxylic acids is 2. The van der Waals surface area contributed by atoms with E-state index in [4.69, 9.17) is 9.47 Å². The Bertz CT molecular complexity index is 1370. The van der Waals surface area contributed by atoms with Gasteiger partial charge in [0.25, 0.3) is 11.8 Å². The minimum absolute atomic E-state index is 0.151. The lowest BCUT2D eigenvalue weighted by Gasteiger charge is -2.57. The third kappa shape index (κ3) is 5.57. The zero-order valence-electron chi connectivity index (χ0n) is 22.6. The number of carbonyl (C=O) groups is 2. The fraction of sp³-hybridized carbons (Fsp3) is 0.375. The maximum Gasteiger partial charge on any atom is 0.272 e. The monoisotopic (exact) mass is 538 g/mol. The van der Waals surface area contributed by atoms with Crippen LogP contribution >= 0.6 is 0 Å². The Hall–Kier alpha value is -4.20. The predicted octanol–water partition coefficient (Wildman–Crippen LogP) is 5.34. The van der Waals surface area contributed by atoms with Gasteiger partial charge in [-0.05, 0) is 115 Å². The van der Waals surface area contributed by atoms with Gasteiger partial charge in [0, 0.05) is 18.1 Å². The van der Waals surface area contributed by atoms with Gasteiger partial charge in [0.1, 0.15) is 0 Å². The number of hydrogen-bond acceptors (Lipinski definition) is 6. The molecule has 4 bridgehead atoms. The fourth-order valence-corrected chi connectivity index (χ4v) is 7.32. The van der Waals surface area contributed by atoms with Crippen molar-refractivity contribution in [2.45, 2.75) is 43.9 Å². The van der Waals surface area contributed by atoms with Gasteiger partial charge in [-0.25, -0.2) is 5.43 Å². The Morgan fingerprint density at radius 1 is 1.00 bits per heavy atom. The average molecular weight is 539 g/mol. The summed E-state index contributed by atoms with van der Waals surface area (Å²) in [6.45, 7) is -0.151. The number of rotatable bonds is 9. The van der Waals surface area contributed by atoms with Crippen molar-refractivity contribution in [2.24, 2.45) is 22.9 Å². The highest BCUT2D eigenvalue weighted by Gasteiger charge is 2.51. The van der Waals surface area contributed by atoms with Crippen molar-refractivity contribution in [3.05, 3.63) is 83.7 Å². The molecule has 2 N–H and O–H groups in total. The molecule has 2 aromatic carbocycles. The minimum atomic E-state index is -0.357. The Balaban J connectivity index is 1.02. The molecule has 4 aliphatic rings. The van der Waals surface area contributed by atoms with Crippen LogP contribution in [0.2, 0.25) is 0 Å². The van der Waals surface area contributed by atoms with Gasteiger partial charge < -0.3 is 14.8 Å². The van der Waals surface area contributed by atoms with Gasteiger partial charge in [0.2, 0.25) is 0 Å². The molecule has 3 aromatic rings. The molecule has 7 rings (SSSR count). The third-order valence-corrected chi connectivity index (χ3v) is 8.67. The number of anilines is 1. The first-order valence-corrected chi connectivity index (χ1v) is 13.9. The summed E-state index contributed by atoms with van der Waals surface area (Å²) >= 11 is 0. The summed E-state index contributed by atoms with van der Waals surface area (Å²) in [4.78, 5) is 28.6. The van der Waals surface area contributed by atoms with Gasteiger partial charge in [-0.3, -0.25) is 14.6 Å². The highest BCUT2D eigenvalue weighted by molar-refractivity contribution is 5.94. The molecule has 8 nitrogen and oxygen atoms in total. The van der Waals surface area contributed by atoms with Crippen molar-refractivity contribution in [2.75, 3.05) is 19.0 Å². The number of hydrazone groups is 1. The summed E-state index contributed by atoms with van der Waals surface area (Å²) in [6.07, 6.45) is 12.8. The van der Waals surface area contributed by atoms with Gasteiger partial charge in [0.05, 0.1) is 18.9 Å². The Morgan fingerprint density at radius 3 is 2.38 bits per heavy atom. The number of hydrogen-bond donors (Lipinski definition) is 2. The van der Waals surface area contributed by atoms with Crippen LogP contribution in [0, 0.1) is 17.8 Å². The summed E-state index contributed by atoms with van der Waals surface area (Å²) in [5.41, 5.74) is 6.13. The van der Waals surface area contributed by atoms with Gasteiger partial charge in [-0.15, -0.1) is 0 Å². The molecule has 0 spiro atoms. The van der Waals surface area contributed by atoms with Crippen LogP contribution in [0.5, 0.6) is 11.5 Å². The van der Waals surface area contributed by atoms with E-state index >= 15 is 0 Å². The second-order valence-corrected chi connectivity index (χ2v) is 11.5. The Kier molecular flexibility index (Phi) is 7.24. The molecule has 0 aliphatic heterocycles. The first kappa shape index (κ1) is 26.0. The van der Waals surface area contributed by atoms with Crippen LogP contribution in [-0.2, 0) is 10.2 Å². The Morgan fingerprint density at radius 2 is 1.73 bits per heavy atom. The molecule has 2 amide bonds. The number of pyridine rings is 1. The number of nitrogens with zero attached hydrogens (tertiary/aromatic N) is 2. The molecule has 0 atom stereocenters. The van der Waals surface area contributed by atoms with E-state index in [2.05, 4.69) is 33.0 Å². The van der Waals surface area contributed by atoms with Crippen LogP contribution in [-0.4, -0.2) is 36.7 Å². The number of amides is 2. The van der Waals surface area contributed by atoms with Gasteiger partial charge >= 0.3 is 0 Å². The zero-order chi connectivity index (χ0) is 27.5. The molecule has 40 heavy (non-hydrogen) atoms. The summed E-state index contributed by atoms with van der Waals surface area (Å²) < 4.78 is 11.2. The van der Waals surface area contributed by atoms with E-state index in [-0.39, 0.29) is 18.4 Å². The third-order valence-electron chi connectivity index (χ3n) is 8.67. The van der Waals surface area contributed by atoms with Crippen molar-refractivity contribution in [1.29, 1.82) is 0 Å². The maximum absolute atomic E-state index is 12.6. The average Bonchev–Trinajstić information content (AvgIpc) is 2.96. The Labute approximate surface area is 234 Å². The lowest BCUT2D eigenvalue weighted by atomic mass is 9.48. The van der Waals surface area contributed by atoms with Crippen LogP contribution in [0.1, 0.15) is 60.0 Å². The van der Waals surface area contributed by atoms with E-state index in [0.29, 0.717) is 28.0 Å². The van der Waals surface area contributed by atoms with Crippen molar-refractivity contribution in [3.63, 3.8) is 0 Å². The van der Waals surface area contributed by atoms with Crippen molar-refractivity contribution >= 4 is 23.7 Å². The number of benzene rings is 2. The van der Waals surface area contributed by atoms with Crippen LogP contribution in [0.25, 0.3) is 0 Å². The summed E-state index contributed by atoms with van der Waals surface area (Å²) in [6, 6.07) is 17.0. The number of methoxy groups -OCH3 is 1. The van der Waals surface area contributed by atoms with Crippen LogP contribution in [0.15, 0.2) is 72.1 Å². The summed E-state index contributed by atoms with van der Waals surface area (Å²) in [5, 5.41) is 6.93. The highest BCUT2D eigenvalue weighted by atomic mass is 16.5. The minimum Gasteiger partial charge on any atom is -0.493 e. The summed E-state index contributed by atoms with van der Waals surface area (Å²) in [7, 11) is 1.53. The SMILES string of the molecule is COc1cc(/C=N/NC(=O)c2cccnc2)ccc1OCC(=O)Nc1ccc(C23CC4CC(CC(C4)C2)C3)cc1. The van der Waals surface area contributed by atoms with E-state index in [1.54, 1.807) is 36.5 Å². The van der Waals surface area contributed by atoms with Gasteiger partial charge in [0.15, 0.2) is 18.1 Å². The molecule has 1 aromatic heterocycles. The van der Waals surface area contributed by atoms with E-state index in [1.165, 1.54) is 63.6 Å². The normalized spacial score (nSPS) is 24.6. The molecule has 0 saturated heterocycles. The summed E-state index contributed by atoms with van der Waals surface area (Å²) in [5.74, 6) is 3.00. The lowest BCUT2D eigenvalue weighted by Crippen LogP contribution is -2.48. The second kappa shape index (κ2) is 11.1. The highest BCUT2D eigenvalue weighted by Crippen LogP contribution is 2.60. The molecular weight excluding hydrogens is 504 g/mol. The maximum atomic E-state index is 12.6. The molecule has 4 aliphatic carbocycles. The lowest BCUT2D eigenvalue weighted by molar-refractivity contribution is -0.118. The number of aromatic nitrogens is 1. The van der Waals surface area contributed by atoms with Crippen LogP contribution in [0.3, 0.4) is 0 Å². The topological polar surface area (TPSA) is 102 Å². The van der Waals surface area contributed by atoms with Crippen LogP contribution in [0.4, 0.5) is 5.69 Å². The smallest absolute Gasteiger partial charge is 0.272 e. The fourth-order valence-electron chi connectivity index (χ4n) is 7.32. The molecular formula is C32H34N4O4. The molecule has 8 heteroatoms. The number of nitrogens with one attached hydrogen (secondary N) is 2. The number of ether oxygens (including phenoxy) is 2. The molecule has 1 heterocycles. The zero-order valence-corrected chi connectivity index (χ0v) is 22.6. The largest absolute Gasteiger partial charge is 0.493 e. The predicted molar refractivity (Wildman–Crippen MR) is 153 cm³/mol. The van der Waals surface area contributed by atoms with Crippen LogP contribution < -0.4 is 20.2 Å². The first-order chi connectivity index (χ1) is 19.5. The van der Waals surface area contributed by atoms with Gasteiger partial charge in [-0.1, -0.05) is 12.1 Å². The quantitative estimate of drug-likeness (QED) is 0.283. The molecule has 206 valence electrons. The van der Waals surface area contributed by atoms with Gasteiger partial charge in [-0.2, -0.15) is 5.10 Å². The second-order valence-electron chi connectivity index (χ2n) is 11.5. The first-order valence-electron chi connectivity index (χ1n) is 13.9. The van der Waals surface area contributed by atoms with E-state index in [9.17, 15) is 9.59 Å². The van der Waals surface area contributed by atoms with E-state index < -0.39 is 0 Å². The van der Waals surface area contributed by atoms with E-state index in [1.807, 2.05) is 12.1 Å². The van der Waals surface area contributed by atoms with Crippen molar-refractivity contribution in [1.82, 2.24) is 10.4 Å². The molecule has 0 radical (unpaired) electrons. The molecule has 4 fully saturated rings.